The lowest BCUT2D eigenvalue weighted by Crippen LogP contribution is -2.30. The lowest BCUT2D eigenvalue weighted by Gasteiger charge is -2.21. The van der Waals surface area contributed by atoms with E-state index in [1.54, 1.807) is 0 Å². The van der Waals surface area contributed by atoms with Gasteiger partial charge in [-0.25, -0.2) is 0 Å². The molecule has 1 radical (unpaired) electrons. The first-order valence-corrected chi connectivity index (χ1v) is 3.62. The second kappa shape index (κ2) is 1.47. The van der Waals surface area contributed by atoms with Gasteiger partial charge >= 0.3 is 0 Å². The van der Waals surface area contributed by atoms with Crippen LogP contribution in [0.5, 0.6) is 0 Å². The minimum absolute atomic E-state index is 1.38. The smallest absolute Gasteiger partial charge is 0.197 e. The molecular formula is C7H13N+. The number of hydrogen-bond acceptors (Lipinski definition) is 0. The van der Waals surface area contributed by atoms with Gasteiger partial charge in [0.15, 0.2) is 6.54 Å². The predicted molar refractivity (Wildman–Crippen MR) is 33.0 cm³/mol. The number of quaternary nitrogens is 1. The molecule has 2 saturated heterocycles. The molecule has 2 aliphatic heterocycles. The molecule has 45 valence electrons. The maximum absolute atomic E-state index is 2.44. The van der Waals surface area contributed by atoms with Crippen LogP contribution >= 0.6 is 0 Å². The zero-order valence-electron chi connectivity index (χ0n) is 5.27. The molecule has 2 rings (SSSR count). The zero-order valence-corrected chi connectivity index (χ0v) is 5.27. The van der Waals surface area contributed by atoms with Crippen LogP contribution in [0.2, 0.25) is 0 Å². The van der Waals surface area contributed by atoms with Crippen molar-refractivity contribution in [1.29, 1.82) is 0 Å². The summed E-state index contributed by atoms with van der Waals surface area (Å²) in [4.78, 5) is 0. The lowest BCUT2D eigenvalue weighted by molar-refractivity contribution is -0.789. The van der Waals surface area contributed by atoms with E-state index in [0.717, 1.165) is 0 Å². The maximum Gasteiger partial charge on any atom is 0.197 e. The highest BCUT2D eigenvalue weighted by molar-refractivity contribution is 4.73. The van der Waals surface area contributed by atoms with E-state index in [-0.39, 0.29) is 0 Å². The summed E-state index contributed by atoms with van der Waals surface area (Å²) in [5.74, 6) is 0. The quantitative estimate of drug-likeness (QED) is 0.325. The van der Waals surface area contributed by atoms with E-state index in [1.807, 2.05) is 0 Å². The SMILES string of the molecule is [CH]1C[N+]12CCCCC2. The van der Waals surface area contributed by atoms with Crippen molar-refractivity contribution >= 4 is 0 Å². The standard InChI is InChI=1S/C7H13N/c1-2-4-8(5-3-1)6-7-8/h6H,1-5,7H2/q+1. The van der Waals surface area contributed by atoms with Gasteiger partial charge in [0.25, 0.3) is 0 Å². The first kappa shape index (κ1) is 4.80. The van der Waals surface area contributed by atoms with Gasteiger partial charge in [0.1, 0.15) is 6.54 Å². The van der Waals surface area contributed by atoms with Crippen LogP contribution in [0.4, 0.5) is 0 Å². The summed E-state index contributed by atoms with van der Waals surface area (Å²) in [6.45, 7) is 6.71. The van der Waals surface area contributed by atoms with Crippen molar-refractivity contribution in [3.8, 4) is 0 Å². The summed E-state index contributed by atoms with van der Waals surface area (Å²) in [5, 5.41) is 0. The average Bonchev–Trinajstić information content (AvgIpc) is 2.52. The average molecular weight is 111 g/mol. The number of hydrogen-bond donors (Lipinski definition) is 0. The van der Waals surface area contributed by atoms with Gasteiger partial charge in [0.05, 0.1) is 13.1 Å². The first-order valence-electron chi connectivity index (χ1n) is 3.62. The summed E-state index contributed by atoms with van der Waals surface area (Å²) in [6.07, 6.45) is 4.42. The van der Waals surface area contributed by atoms with Crippen LogP contribution < -0.4 is 0 Å². The minimum Gasteiger partial charge on any atom is -0.306 e. The van der Waals surface area contributed by atoms with Gasteiger partial charge in [-0.15, -0.1) is 0 Å². The largest absolute Gasteiger partial charge is 0.306 e. The molecule has 0 unspecified atom stereocenters. The Bertz CT molecular complexity index is 86.6. The van der Waals surface area contributed by atoms with Crippen molar-refractivity contribution in [1.82, 2.24) is 0 Å². The van der Waals surface area contributed by atoms with Gasteiger partial charge in [-0.1, -0.05) is 0 Å². The van der Waals surface area contributed by atoms with Gasteiger partial charge in [0, 0.05) is 0 Å². The Morgan fingerprint density at radius 2 is 1.62 bits per heavy atom. The molecule has 0 aliphatic carbocycles. The van der Waals surface area contributed by atoms with Crippen molar-refractivity contribution in [3.05, 3.63) is 6.54 Å². The Morgan fingerprint density at radius 1 is 1.00 bits per heavy atom. The molecule has 2 fully saturated rings. The molecule has 0 amide bonds. The van der Waals surface area contributed by atoms with E-state index in [0.29, 0.717) is 0 Å². The summed E-state index contributed by atoms with van der Waals surface area (Å²) >= 11 is 0. The molecule has 8 heavy (non-hydrogen) atoms. The van der Waals surface area contributed by atoms with E-state index >= 15 is 0 Å². The van der Waals surface area contributed by atoms with E-state index in [9.17, 15) is 0 Å². The van der Waals surface area contributed by atoms with Gasteiger partial charge < -0.3 is 4.48 Å². The number of piperidine rings is 1. The Morgan fingerprint density at radius 3 is 2.00 bits per heavy atom. The van der Waals surface area contributed by atoms with Crippen LogP contribution in [0.1, 0.15) is 19.3 Å². The van der Waals surface area contributed by atoms with E-state index in [1.165, 1.54) is 43.4 Å². The van der Waals surface area contributed by atoms with Gasteiger partial charge in [-0.05, 0) is 19.3 Å². The summed E-state index contributed by atoms with van der Waals surface area (Å²) < 4.78 is 1.38. The summed E-state index contributed by atoms with van der Waals surface area (Å²) in [7, 11) is 0. The molecule has 0 aromatic rings. The Hall–Kier alpha value is -0.0400. The molecule has 0 aromatic heterocycles. The summed E-state index contributed by atoms with van der Waals surface area (Å²) in [6, 6.07) is 0. The topological polar surface area (TPSA) is 0 Å². The van der Waals surface area contributed by atoms with Crippen LogP contribution in [0.3, 0.4) is 0 Å². The van der Waals surface area contributed by atoms with Gasteiger partial charge in [0.2, 0.25) is 0 Å². The predicted octanol–water partition coefficient (Wildman–Crippen LogP) is 1.16. The second-order valence-corrected chi connectivity index (χ2v) is 3.09. The van der Waals surface area contributed by atoms with Gasteiger partial charge in [-0.3, -0.25) is 0 Å². The molecule has 0 bridgehead atoms. The van der Waals surface area contributed by atoms with Crippen LogP contribution in [0.25, 0.3) is 0 Å². The van der Waals surface area contributed by atoms with Gasteiger partial charge in [-0.2, -0.15) is 0 Å². The Balaban J connectivity index is 1.95. The van der Waals surface area contributed by atoms with E-state index in [4.69, 9.17) is 0 Å². The molecule has 0 aromatic carbocycles. The van der Waals surface area contributed by atoms with Crippen LogP contribution in [0, 0.1) is 6.54 Å². The van der Waals surface area contributed by atoms with E-state index in [2.05, 4.69) is 6.54 Å². The highest BCUT2D eigenvalue weighted by atomic mass is 15.5. The molecule has 2 aliphatic rings. The molecule has 1 heteroatoms. The van der Waals surface area contributed by atoms with Crippen molar-refractivity contribution < 1.29 is 4.48 Å². The Kier molecular flexibility index (Phi) is 0.884. The molecular weight excluding hydrogens is 98.1 g/mol. The normalized spacial score (nSPS) is 33.0. The molecule has 0 saturated carbocycles. The molecule has 1 spiro atoms. The summed E-state index contributed by atoms with van der Waals surface area (Å²) in [5.41, 5.74) is 0. The fraction of sp³-hybridized carbons (Fsp3) is 0.857. The fourth-order valence-electron chi connectivity index (χ4n) is 1.62. The third-order valence-electron chi connectivity index (χ3n) is 2.41. The highest BCUT2D eigenvalue weighted by Crippen LogP contribution is 2.31. The van der Waals surface area contributed by atoms with Crippen LogP contribution in [0.15, 0.2) is 0 Å². The first-order chi connectivity index (χ1) is 3.91. The van der Waals surface area contributed by atoms with Crippen molar-refractivity contribution in [2.24, 2.45) is 0 Å². The maximum atomic E-state index is 2.44. The van der Waals surface area contributed by atoms with Crippen molar-refractivity contribution in [2.75, 3.05) is 19.6 Å². The fourth-order valence-corrected chi connectivity index (χ4v) is 1.62. The van der Waals surface area contributed by atoms with E-state index < -0.39 is 0 Å². The highest BCUT2D eigenvalue weighted by Gasteiger charge is 2.43. The molecule has 0 atom stereocenters. The lowest BCUT2D eigenvalue weighted by atomic mass is 10.1. The third kappa shape index (κ3) is 0.655. The van der Waals surface area contributed by atoms with Crippen LogP contribution in [-0.2, 0) is 0 Å². The molecule has 0 N–H and O–H groups in total. The van der Waals surface area contributed by atoms with Crippen molar-refractivity contribution in [3.63, 3.8) is 0 Å². The molecule has 2 heterocycles. The molecule has 1 nitrogen and oxygen atoms in total. The van der Waals surface area contributed by atoms with Crippen molar-refractivity contribution in [2.45, 2.75) is 19.3 Å². The third-order valence-corrected chi connectivity index (χ3v) is 2.41. The number of nitrogens with zero attached hydrogens (tertiary/aromatic N) is 1. The zero-order chi connectivity index (χ0) is 5.45. The number of rotatable bonds is 0. The second-order valence-electron chi connectivity index (χ2n) is 3.09. The van der Waals surface area contributed by atoms with Crippen LogP contribution in [-0.4, -0.2) is 24.1 Å². The Labute approximate surface area is 50.9 Å². The monoisotopic (exact) mass is 111 g/mol. The minimum atomic E-state index is 1.38.